The molecule has 0 bridgehead atoms. The van der Waals surface area contributed by atoms with E-state index < -0.39 is 10.2 Å². The maximum Gasteiger partial charge on any atom is 0.279 e. The van der Waals surface area contributed by atoms with Crippen LogP contribution < -0.4 is 10.5 Å². The van der Waals surface area contributed by atoms with E-state index in [9.17, 15) is 8.42 Å². The predicted molar refractivity (Wildman–Crippen MR) is 68.1 cm³/mol. The molecule has 1 atom stereocenters. The molecule has 2 rings (SSSR count). The van der Waals surface area contributed by atoms with Crippen molar-refractivity contribution in [3.63, 3.8) is 0 Å². The SMILES string of the molecule is Cc1nc(CNS(=O)(=O)N2CCCC(CN)C2)no1. The van der Waals surface area contributed by atoms with Crippen LogP contribution in [0.15, 0.2) is 4.52 Å². The molecule has 9 heteroatoms. The molecule has 2 heterocycles. The van der Waals surface area contributed by atoms with Crippen molar-refractivity contribution in [2.24, 2.45) is 11.7 Å². The fraction of sp³-hybridized carbons (Fsp3) is 0.800. The van der Waals surface area contributed by atoms with Crippen molar-refractivity contribution >= 4 is 10.2 Å². The van der Waals surface area contributed by atoms with Crippen LogP contribution in [0.3, 0.4) is 0 Å². The monoisotopic (exact) mass is 289 g/mol. The van der Waals surface area contributed by atoms with Gasteiger partial charge in [0.25, 0.3) is 10.2 Å². The molecule has 3 N–H and O–H groups in total. The zero-order chi connectivity index (χ0) is 13.9. The van der Waals surface area contributed by atoms with Gasteiger partial charge in [-0.3, -0.25) is 0 Å². The van der Waals surface area contributed by atoms with Crippen LogP contribution >= 0.6 is 0 Å². The van der Waals surface area contributed by atoms with Gasteiger partial charge >= 0.3 is 0 Å². The summed E-state index contributed by atoms with van der Waals surface area (Å²) in [5.74, 6) is 0.974. The first-order valence-electron chi connectivity index (χ1n) is 6.25. The van der Waals surface area contributed by atoms with E-state index in [2.05, 4.69) is 14.9 Å². The van der Waals surface area contributed by atoms with Gasteiger partial charge < -0.3 is 10.3 Å². The Bertz CT molecular complexity index is 515. The summed E-state index contributed by atoms with van der Waals surface area (Å²) >= 11 is 0. The largest absolute Gasteiger partial charge is 0.340 e. The van der Waals surface area contributed by atoms with E-state index in [1.807, 2.05) is 0 Å². The minimum atomic E-state index is -3.51. The third-order valence-corrected chi connectivity index (χ3v) is 4.66. The van der Waals surface area contributed by atoms with Gasteiger partial charge in [0.05, 0.1) is 6.54 Å². The number of rotatable bonds is 5. The van der Waals surface area contributed by atoms with Crippen LogP contribution in [0.2, 0.25) is 0 Å². The van der Waals surface area contributed by atoms with Crippen LogP contribution in [0.1, 0.15) is 24.6 Å². The summed E-state index contributed by atoms with van der Waals surface area (Å²) in [6.45, 7) is 3.19. The summed E-state index contributed by atoms with van der Waals surface area (Å²) in [5, 5.41) is 3.64. The molecular formula is C10H19N5O3S. The number of hydrogen-bond donors (Lipinski definition) is 2. The molecule has 0 amide bonds. The number of nitrogens with one attached hydrogen (secondary N) is 1. The molecule has 19 heavy (non-hydrogen) atoms. The highest BCUT2D eigenvalue weighted by molar-refractivity contribution is 7.87. The van der Waals surface area contributed by atoms with Crippen molar-refractivity contribution < 1.29 is 12.9 Å². The predicted octanol–water partition coefficient (Wildman–Crippen LogP) is -0.617. The molecule has 1 aromatic heterocycles. The van der Waals surface area contributed by atoms with E-state index in [-0.39, 0.29) is 12.5 Å². The molecule has 1 aliphatic rings. The molecule has 0 aliphatic carbocycles. The van der Waals surface area contributed by atoms with Crippen molar-refractivity contribution in [3.8, 4) is 0 Å². The molecule has 1 unspecified atom stereocenters. The first kappa shape index (κ1) is 14.4. The molecule has 0 saturated carbocycles. The molecule has 1 saturated heterocycles. The molecule has 1 aliphatic heterocycles. The number of hydrogen-bond acceptors (Lipinski definition) is 6. The molecule has 8 nitrogen and oxygen atoms in total. The zero-order valence-corrected chi connectivity index (χ0v) is 11.7. The van der Waals surface area contributed by atoms with Crippen molar-refractivity contribution in [1.29, 1.82) is 0 Å². The van der Waals surface area contributed by atoms with Gasteiger partial charge in [-0.2, -0.15) is 22.4 Å². The van der Waals surface area contributed by atoms with Crippen LogP contribution in [-0.2, 0) is 16.8 Å². The Morgan fingerprint density at radius 1 is 1.58 bits per heavy atom. The molecule has 0 spiro atoms. The Morgan fingerprint density at radius 3 is 3.00 bits per heavy atom. The number of nitrogens with two attached hydrogens (primary N) is 1. The quantitative estimate of drug-likeness (QED) is 0.747. The van der Waals surface area contributed by atoms with E-state index in [4.69, 9.17) is 10.3 Å². The second-order valence-corrected chi connectivity index (χ2v) is 6.41. The van der Waals surface area contributed by atoms with Gasteiger partial charge in [0.1, 0.15) is 0 Å². The molecule has 0 radical (unpaired) electrons. The molecule has 1 aromatic rings. The van der Waals surface area contributed by atoms with Crippen molar-refractivity contribution in [1.82, 2.24) is 19.2 Å². The first-order chi connectivity index (χ1) is 9.01. The Labute approximate surface area is 112 Å². The fourth-order valence-electron chi connectivity index (χ4n) is 2.10. The van der Waals surface area contributed by atoms with Crippen LogP contribution in [0.4, 0.5) is 0 Å². The van der Waals surface area contributed by atoms with E-state index in [1.54, 1.807) is 6.92 Å². The van der Waals surface area contributed by atoms with Crippen LogP contribution in [0.25, 0.3) is 0 Å². The van der Waals surface area contributed by atoms with Gasteiger partial charge in [-0.25, -0.2) is 0 Å². The number of aryl methyl sites for hydroxylation is 1. The lowest BCUT2D eigenvalue weighted by atomic mass is 10.0. The topological polar surface area (TPSA) is 114 Å². The fourth-order valence-corrected chi connectivity index (χ4v) is 3.37. The molecule has 108 valence electrons. The highest BCUT2D eigenvalue weighted by Gasteiger charge is 2.28. The molecule has 1 fully saturated rings. The van der Waals surface area contributed by atoms with E-state index in [0.29, 0.717) is 31.3 Å². The summed E-state index contributed by atoms with van der Waals surface area (Å²) < 4.78 is 32.9. The second-order valence-electron chi connectivity index (χ2n) is 4.66. The molecular weight excluding hydrogens is 270 g/mol. The third-order valence-electron chi connectivity index (χ3n) is 3.14. The number of nitrogens with zero attached hydrogens (tertiary/aromatic N) is 3. The lowest BCUT2D eigenvalue weighted by Gasteiger charge is -2.31. The standard InChI is InChI=1S/C10H19N5O3S/c1-8-13-10(14-18-8)6-12-19(16,17)15-4-2-3-9(5-11)7-15/h9,12H,2-7,11H2,1H3. The van der Waals surface area contributed by atoms with Crippen molar-refractivity contribution in [2.75, 3.05) is 19.6 Å². The average Bonchev–Trinajstić information content (AvgIpc) is 2.82. The first-order valence-corrected chi connectivity index (χ1v) is 7.69. The zero-order valence-electron chi connectivity index (χ0n) is 10.9. The lowest BCUT2D eigenvalue weighted by molar-refractivity contribution is 0.268. The van der Waals surface area contributed by atoms with Gasteiger partial charge in [0, 0.05) is 20.0 Å². The van der Waals surface area contributed by atoms with Gasteiger partial charge in [0.2, 0.25) is 5.89 Å². The lowest BCUT2D eigenvalue weighted by Crippen LogP contribution is -2.47. The Morgan fingerprint density at radius 2 is 2.37 bits per heavy atom. The molecule has 0 aromatic carbocycles. The Hall–Kier alpha value is -1.03. The van der Waals surface area contributed by atoms with Crippen LogP contribution in [0.5, 0.6) is 0 Å². The second kappa shape index (κ2) is 5.95. The summed E-state index contributed by atoms with van der Waals surface area (Å²) in [7, 11) is -3.51. The van der Waals surface area contributed by atoms with Crippen molar-refractivity contribution in [3.05, 3.63) is 11.7 Å². The minimum Gasteiger partial charge on any atom is -0.340 e. The summed E-state index contributed by atoms with van der Waals surface area (Å²) in [6.07, 6.45) is 1.82. The van der Waals surface area contributed by atoms with Crippen LogP contribution in [0, 0.1) is 12.8 Å². The Balaban J connectivity index is 1.94. The maximum atomic E-state index is 12.1. The normalized spacial score (nSPS) is 21.7. The van der Waals surface area contributed by atoms with E-state index in [0.717, 1.165) is 12.8 Å². The smallest absolute Gasteiger partial charge is 0.279 e. The van der Waals surface area contributed by atoms with Crippen molar-refractivity contribution in [2.45, 2.75) is 26.3 Å². The average molecular weight is 289 g/mol. The van der Waals surface area contributed by atoms with Crippen LogP contribution in [-0.4, -0.2) is 42.5 Å². The van der Waals surface area contributed by atoms with Gasteiger partial charge in [-0.1, -0.05) is 5.16 Å². The van der Waals surface area contributed by atoms with Gasteiger partial charge in [-0.05, 0) is 25.3 Å². The van der Waals surface area contributed by atoms with Gasteiger partial charge in [-0.15, -0.1) is 0 Å². The van der Waals surface area contributed by atoms with E-state index >= 15 is 0 Å². The summed E-state index contributed by atoms with van der Waals surface area (Å²) in [6, 6.07) is 0. The minimum absolute atomic E-state index is 0.0312. The summed E-state index contributed by atoms with van der Waals surface area (Å²) in [4.78, 5) is 3.95. The van der Waals surface area contributed by atoms with E-state index in [1.165, 1.54) is 4.31 Å². The number of aromatic nitrogens is 2. The highest BCUT2D eigenvalue weighted by Crippen LogP contribution is 2.17. The number of piperidine rings is 1. The summed E-state index contributed by atoms with van der Waals surface area (Å²) in [5.41, 5.74) is 5.60. The maximum absolute atomic E-state index is 12.1. The van der Waals surface area contributed by atoms with Gasteiger partial charge in [0.15, 0.2) is 5.82 Å². The highest BCUT2D eigenvalue weighted by atomic mass is 32.2. The Kier molecular flexibility index (Phi) is 4.50. The third kappa shape index (κ3) is 3.72.